The Kier molecular flexibility index (Phi) is 14.1. The van der Waals surface area contributed by atoms with Crippen LogP contribution in [0.4, 0.5) is 62.6 Å². The van der Waals surface area contributed by atoms with E-state index in [9.17, 15) is 0 Å². The van der Waals surface area contributed by atoms with Gasteiger partial charge in [-0.05, 0) is 224 Å². The first-order chi connectivity index (χ1) is 40.3. The van der Waals surface area contributed by atoms with E-state index in [1.54, 1.807) is 0 Å². The lowest BCUT2D eigenvalue weighted by molar-refractivity contribution is 0.875. The van der Waals surface area contributed by atoms with Gasteiger partial charge < -0.3 is 19.6 Å². The third-order valence-corrected chi connectivity index (χ3v) is 16.0. The fourth-order valence-electron chi connectivity index (χ4n) is 11.8. The monoisotopic (exact) mass is 1060 g/mol. The summed E-state index contributed by atoms with van der Waals surface area (Å²) in [5.41, 5.74) is 23.1. The van der Waals surface area contributed by atoms with Crippen molar-refractivity contribution in [2.24, 2.45) is 0 Å². The minimum atomic E-state index is 0.946. The molecule has 0 bridgehead atoms. The summed E-state index contributed by atoms with van der Waals surface area (Å²) in [4.78, 5) is 9.56. The van der Waals surface area contributed by atoms with Gasteiger partial charge in [-0.25, -0.2) is 0 Å². The van der Waals surface area contributed by atoms with Gasteiger partial charge in [-0.15, -0.1) is 0 Å². The summed E-state index contributed by atoms with van der Waals surface area (Å²) >= 11 is 0. The van der Waals surface area contributed by atoms with Gasteiger partial charge in [0, 0.05) is 68.3 Å². The van der Waals surface area contributed by atoms with E-state index in [1.165, 1.54) is 55.2 Å². The number of hydrogen-bond acceptors (Lipinski definition) is 4. The van der Waals surface area contributed by atoms with E-state index < -0.39 is 0 Å². The topological polar surface area (TPSA) is 13.0 Å². The van der Waals surface area contributed by atoms with Gasteiger partial charge in [-0.1, -0.05) is 174 Å². The summed E-state index contributed by atoms with van der Waals surface area (Å²) in [5.74, 6) is 0. The van der Waals surface area contributed by atoms with Crippen LogP contribution in [0.3, 0.4) is 0 Å². The third kappa shape index (κ3) is 10.2. The largest absolute Gasteiger partial charge is 0.314 e. The molecule has 0 amide bonds. The highest BCUT2D eigenvalue weighted by atomic mass is 15.2. The molecule has 12 aromatic rings. The van der Waals surface area contributed by atoms with Gasteiger partial charge in [0.25, 0.3) is 0 Å². The lowest BCUT2D eigenvalue weighted by atomic mass is 9.85. The average Bonchev–Trinajstić information content (AvgIpc) is 3.18. The molecule has 4 nitrogen and oxygen atoms in total. The average molecular weight is 1060 g/mol. The zero-order valence-corrected chi connectivity index (χ0v) is 46.9. The first-order valence-corrected chi connectivity index (χ1v) is 28.5. The number of anilines is 11. The second-order valence-corrected chi connectivity index (χ2v) is 21.7. The van der Waals surface area contributed by atoms with Crippen molar-refractivity contribution in [3.63, 3.8) is 0 Å². The summed E-state index contributed by atoms with van der Waals surface area (Å²) in [6.07, 6.45) is 6.58. The van der Waals surface area contributed by atoms with Crippen molar-refractivity contribution < 1.29 is 0 Å². The Balaban J connectivity index is 1.09. The zero-order chi connectivity index (χ0) is 55.5. The van der Waals surface area contributed by atoms with Gasteiger partial charge in [-0.2, -0.15) is 0 Å². The Morgan fingerprint density at radius 2 is 0.512 bits per heavy atom. The standard InChI is InChI=1S/C78H64N4/c1-55-25-37-65(38-26-55)81(66-39-27-56(2)28-40-66)71-49-51-73-75(53-71)77(59-33-45-69(46-34-59)79(61-17-9-5-10-18-61)62-19-11-6-12-20-62)74-52-50-72(82(67-41-29-57(3)30-42-67)68-43-31-58(4)32-44-68)54-76(74)78(73)60-35-47-70(48-36-60)80(63-21-13-7-14-22-63)64-23-15-8-16-24-64/h5-31,33-43,45-54H,32,44H2,1-4H3. The smallest absolute Gasteiger partial charge is 0.0468 e. The third-order valence-electron chi connectivity index (χ3n) is 16.0. The molecule has 12 aromatic carbocycles. The minimum absolute atomic E-state index is 0.946. The summed E-state index contributed by atoms with van der Waals surface area (Å²) < 4.78 is 0. The number of fused-ring (bicyclic) bond motifs is 2. The molecule has 0 spiro atoms. The van der Waals surface area contributed by atoms with Gasteiger partial charge in [-0.3, -0.25) is 0 Å². The Morgan fingerprint density at radius 3 is 0.841 bits per heavy atom. The molecule has 0 radical (unpaired) electrons. The Morgan fingerprint density at radius 1 is 0.232 bits per heavy atom. The highest BCUT2D eigenvalue weighted by Crippen LogP contribution is 2.50. The summed E-state index contributed by atoms with van der Waals surface area (Å²) in [6.45, 7) is 8.71. The van der Waals surface area contributed by atoms with Gasteiger partial charge >= 0.3 is 0 Å². The SMILES string of the molecule is CC1=CC=C(N(c2ccc(C)cc2)c2ccc3c(-c4ccc(N(c5ccccc5)c5ccccc5)cc4)c4cc(N(c5ccc(C)cc5)c5ccc(C)cc5)ccc4c(-c4ccc(N(c5ccccc5)c5ccccc5)cc4)c3c2)CC1. The van der Waals surface area contributed by atoms with Crippen molar-refractivity contribution >= 4 is 84.1 Å². The molecule has 0 aliphatic heterocycles. The van der Waals surface area contributed by atoms with Crippen LogP contribution >= 0.6 is 0 Å². The molecule has 82 heavy (non-hydrogen) atoms. The molecule has 13 rings (SSSR count). The quantitative estimate of drug-likeness (QED) is 0.101. The van der Waals surface area contributed by atoms with Crippen LogP contribution < -0.4 is 19.6 Å². The Bertz CT molecular complexity index is 4130. The molecule has 0 aromatic heterocycles. The maximum atomic E-state index is 2.48. The van der Waals surface area contributed by atoms with Crippen molar-refractivity contribution in [2.45, 2.75) is 40.5 Å². The molecular formula is C78H64N4. The number of nitrogens with zero attached hydrogens (tertiary/aromatic N) is 4. The van der Waals surface area contributed by atoms with Crippen LogP contribution in [0.15, 0.2) is 302 Å². The maximum absolute atomic E-state index is 2.48. The number of aryl methyl sites for hydroxylation is 3. The first kappa shape index (κ1) is 51.3. The zero-order valence-electron chi connectivity index (χ0n) is 46.9. The highest BCUT2D eigenvalue weighted by Gasteiger charge is 2.25. The molecule has 396 valence electrons. The lowest BCUT2D eigenvalue weighted by Gasteiger charge is -2.31. The van der Waals surface area contributed by atoms with Crippen molar-refractivity contribution in [1.29, 1.82) is 0 Å². The molecule has 0 saturated heterocycles. The molecular weight excluding hydrogens is 993 g/mol. The van der Waals surface area contributed by atoms with Crippen LogP contribution in [0, 0.1) is 20.8 Å². The van der Waals surface area contributed by atoms with E-state index in [2.05, 4.69) is 338 Å². The van der Waals surface area contributed by atoms with Crippen molar-refractivity contribution in [2.75, 3.05) is 19.6 Å². The van der Waals surface area contributed by atoms with Crippen LogP contribution in [-0.4, -0.2) is 0 Å². The number of para-hydroxylation sites is 4. The van der Waals surface area contributed by atoms with Crippen LogP contribution in [-0.2, 0) is 0 Å². The van der Waals surface area contributed by atoms with E-state index in [1.807, 2.05) is 0 Å². The highest BCUT2D eigenvalue weighted by molar-refractivity contribution is 6.23. The molecule has 0 N–H and O–H groups in total. The van der Waals surface area contributed by atoms with Gasteiger partial charge in [0.15, 0.2) is 0 Å². The molecule has 0 fully saturated rings. The van der Waals surface area contributed by atoms with E-state index in [4.69, 9.17) is 0 Å². The lowest BCUT2D eigenvalue weighted by Crippen LogP contribution is -2.17. The molecule has 0 heterocycles. The fourth-order valence-corrected chi connectivity index (χ4v) is 11.8. The van der Waals surface area contributed by atoms with Crippen LogP contribution in [0.2, 0.25) is 0 Å². The van der Waals surface area contributed by atoms with E-state index in [-0.39, 0.29) is 0 Å². The van der Waals surface area contributed by atoms with Gasteiger partial charge in [0.05, 0.1) is 0 Å². The van der Waals surface area contributed by atoms with E-state index in [0.717, 1.165) is 91.9 Å². The minimum Gasteiger partial charge on any atom is -0.314 e. The van der Waals surface area contributed by atoms with Crippen molar-refractivity contribution in [3.05, 3.63) is 319 Å². The van der Waals surface area contributed by atoms with Crippen molar-refractivity contribution in [3.8, 4) is 22.3 Å². The molecule has 0 unspecified atom stereocenters. The molecule has 0 atom stereocenters. The number of rotatable bonds is 14. The number of hydrogen-bond donors (Lipinski definition) is 0. The van der Waals surface area contributed by atoms with Crippen molar-refractivity contribution in [1.82, 2.24) is 0 Å². The summed E-state index contributed by atoms with van der Waals surface area (Å²) in [7, 11) is 0. The molecule has 4 heteroatoms. The van der Waals surface area contributed by atoms with Crippen LogP contribution in [0.1, 0.15) is 36.5 Å². The molecule has 1 aliphatic carbocycles. The predicted molar refractivity (Wildman–Crippen MR) is 350 cm³/mol. The van der Waals surface area contributed by atoms with Gasteiger partial charge in [0.2, 0.25) is 0 Å². The number of allylic oxidation sites excluding steroid dienone is 4. The van der Waals surface area contributed by atoms with Crippen LogP contribution in [0.5, 0.6) is 0 Å². The Hall–Kier alpha value is -10.2. The summed E-state index contributed by atoms with van der Waals surface area (Å²) in [6, 6.07) is 102. The second kappa shape index (κ2) is 22.5. The van der Waals surface area contributed by atoms with E-state index >= 15 is 0 Å². The fraction of sp³-hybridized carbons (Fsp3) is 0.0769. The second-order valence-electron chi connectivity index (χ2n) is 21.7. The number of benzene rings is 12. The predicted octanol–water partition coefficient (Wildman–Crippen LogP) is 22.4. The van der Waals surface area contributed by atoms with Crippen LogP contribution in [0.25, 0.3) is 43.8 Å². The summed E-state index contributed by atoms with van der Waals surface area (Å²) in [5, 5.41) is 4.69. The molecule has 1 aliphatic rings. The first-order valence-electron chi connectivity index (χ1n) is 28.5. The van der Waals surface area contributed by atoms with E-state index in [0.29, 0.717) is 0 Å². The van der Waals surface area contributed by atoms with Gasteiger partial charge in [0.1, 0.15) is 0 Å². The normalized spacial score (nSPS) is 12.2. The molecule has 0 saturated carbocycles. The Labute approximate surface area is 483 Å². The maximum Gasteiger partial charge on any atom is 0.0468 e.